The maximum Gasteiger partial charge on any atom is 0.304 e. The summed E-state index contributed by atoms with van der Waals surface area (Å²) < 4.78 is 7.72. The molecule has 1 N–H and O–H groups in total. The van der Waals surface area contributed by atoms with Crippen molar-refractivity contribution < 1.29 is 14.6 Å². The lowest BCUT2D eigenvalue weighted by molar-refractivity contribution is -0.136. The number of aryl methyl sites for hydroxylation is 1. The number of nitrogens with zero attached hydrogens (tertiary/aromatic N) is 3. The molecule has 0 saturated heterocycles. The molecule has 3 aromatic rings. The quantitative estimate of drug-likeness (QED) is 0.610. The third kappa shape index (κ3) is 4.64. The van der Waals surface area contributed by atoms with E-state index in [0.29, 0.717) is 16.7 Å². The molecule has 0 aliphatic carbocycles. The second-order valence-corrected chi connectivity index (χ2v) is 6.73. The highest BCUT2D eigenvalue weighted by molar-refractivity contribution is 7.99. The molecule has 0 aliphatic heterocycles. The number of carboxylic acid groups (broad SMARTS) is 1. The van der Waals surface area contributed by atoms with E-state index in [4.69, 9.17) is 9.84 Å². The van der Waals surface area contributed by atoms with Crippen molar-refractivity contribution in [1.82, 2.24) is 14.8 Å². The third-order valence-corrected chi connectivity index (χ3v) is 4.58. The number of para-hydroxylation sites is 1. The molecule has 0 radical (unpaired) electrons. The van der Waals surface area contributed by atoms with Crippen LogP contribution >= 0.6 is 11.8 Å². The largest absolute Gasteiger partial charge is 0.486 e. The average Bonchev–Trinajstić information content (AvgIpc) is 3.04. The van der Waals surface area contributed by atoms with E-state index in [1.54, 1.807) is 0 Å². The summed E-state index contributed by atoms with van der Waals surface area (Å²) in [6.45, 7) is 2.29. The maximum atomic E-state index is 10.8. The molecule has 0 atom stereocenters. The molecule has 134 valence electrons. The highest BCUT2D eigenvalue weighted by atomic mass is 32.2. The van der Waals surface area contributed by atoms with E-state index in [-0.39, 0.29) is 13.0 Å². The molecule has 0 saturated carbocycles. The standard InChI is InChI=1S/C19H19N3O3S/c1-14-7-9-15(10-8-14)22-17(13-25-16-5-3-2-4-6-16)20-21-19(22)26-12-11-18(23)24/h2-10H,11-13H2,1H3,(H,23,24). The summed E-state index contributed by atoms with van der Waals surface area (Å²) in [7, 11) is 0. The van der Waals surface area contributed by atoms with Gasteiger partial charge in [0.15, 0.2) is 11.0 Å². The van der Waals surface area contributed by atoms with Gasteiger partial charge in [-0.05, 0) is 31.2 Å². The van der Waals surface area contributed by atoms with Crippen molar-refractivity contribution >= 4 is 17.7 Å². The van der Waals surface area contributed by atoms with Crippen LogP contribution < -0.4 is 4.74 Å². The molecule has 0 fully saturated rings. The Morgan fingerprint density at radius 1 is 1.12 bits per heavy atom. The highest BCUT2D eigenvalue weighted by Crippen LogP contribution is 2.24. The van der Waals surface area contributed by atoms with Gasteiger partial charge < -0.3 is 9.84 Å². The summed E-state index contributed by atoms with van der Waals surface area (Å²) in [6.07, 6.45) is 0.0707. The first-order chi connectivity index (χ1) is 12.6. The number of thioether (sulfide) groups is 1. The van der Waals surface area contributed by atoms with E-state index in [1.807, 2.05) is 66.1 Å². The van der Waals surface area contributed by atoms with Gasteiger partial charge in [-0.3, -0.25) is 9.36 Å². The van der Waals surface area contributed by atoms with Gasteiger partial charge in [0.25, 0.3) is 0 Å². The van der Waals surface area contributed by atoms with E-state index in [0.717, 1.165) is 17.0 Å². The molecule has 0 amide bonds. The monoisotopic (exact) mass is 369 g/mol. The Morgan fingerprint density at radius 3 is 2.54 bits per heavy atom. The zero-order valence-corrected chi connectivity index (χ0v) is 15.1. The fourth-order valence-electron chi connectivity index (χ4n) is 2.33. The number of benzene rings is 2. The molecule has 3 rings (SSSR count). The van der Waals surface area contributed by atoms with Gasteiger partial charge in [0.05, 0.1) is 6.42 Å². The van der Waals surface area contributed by atoms with Gasteiger partial charge in [0.1, 0.15) is 12.4 Å². The van der Waals surface area contributed by atoms with E-state index >= 15 is 0 Å². The number of aliphatic carboxylic acids is 1. The van der Waals surface area contributed by atoms with Crippen molar-refractivity contribution in [2.75, 3.05) is 5.75 Å². The van der Waals surface area contributed by atoms with Gasteiger partial charge in [-0.25, -0.2) is 0 Å². The van der Waals surface area contributed by atoms with Gasteiger partial charge in [-0.2, -0.15) is 0 Å². The Hall–Kier alpha value is -2.80. The molecular weight excluding hydrogens is 350 g/mol. The van der Waals surface area contributed by atoms with Crippen molar-refractivity contribution in [2.45, 2.75) is 25.1 Å². The van der Waals surface area contributed by atoms with Crippen LogP contribution in [0.5, 0.6) is 5.75 Å². The summed E-state index contributed by atoms with van der Waals surface area (Å²) in [6, 6.07) is 17.5. The number of ether oxygens (including phenoxy) is 1. The zero-order valence-electron chi connectivity index (χ0n) is 14.3. The van der Waals surface area contributed by atoms with E-state index in [2.05, 4.69) is 10.2 Å². The maximum absolute atomic E-state index is 10.8. The first-order valence-corrected chi connectivity index (χ1v) is 9.16. The normalized spacial score (nSPS) is 10.7. The predicted molar refractivity (Wildman–Crippen MR) is 99.8 cm³/mol. The summed E-state index contributed by atoms with van der Waals surface area (Å²) in [5.74, 6) is 1.02. The van der Waals surface area contributed by atoms with Crippen LogP contribution in [-0.4, -0.2) is 31.6 Å². The Kier molecular flexibility index (Phi) is 5.91. The minimum Gasteiger partial charge on any atom is -0.486 e. The Labute approximate surface area is 155 Å². The lowest BCUT2D eigenvalue weighted by Crippen LogP contribution is -2.07. The molecule has 7 heteroatoms. The molecule has 1 aromatic heterocycles. The SMILES string of the molecule is Cc1ccc(-n2c(COc3ccccc3)nnc2SCCC(=O)O)cc1. The number of carbonyl (C=O) groups is 1. The van der Waals surface area contributed by atoms with Crippen molar-refractivity contribution in [2.24, 2.45) is 0 Å². The van der Waals surface area contributed by atoms with Crippen LogP contribution in [0.2, 0.25) is 0 Å². The first kappa shape index (κ1) is 18.0. The molecular formula is C19H19N3O3S. The molecule has 0 spiro atoms. The third-order valence-electron chi connectivity index (χ3n) is 3.65. The molecule has 6 nitrogen and oxygen atoms in total. The summed E-state index contributed by atoms with van der Waals surface area (Å²) >= 11 is 1.37. The van der Waals surface area contributed by atoms with Gasteiger partial charge in [-0.15, -0.1) is 10.2 Å². The molecule has 0 aliphatic rings. The average molecular weight is 369 g/mol. The van der Waals surface area contributed by atoms with Gasteiger partial charge in [-0.1, -0.05) is 47.7 Å². The Morgan fingerprint density at radius 2 is 1.85 bits per heavy atom. The minimum atomic E-state index is -0.827. The number of hydrogen-bond donors (Lipinski definition) is 1. The molecule has 0 unspecified atom stereocenters. The van der Waals surface area contributed by atoms with E-state index in [1.165, 1.54) is 11.8 Å². The number of aromatic nitrogens is 3. The summed E-state index contributed by atoms with van der Waals surface area (Å²) in [5, 5.41) is 18.0. The fraction of sp³-hybridized carbons (Fsp3) is 0.211. The number of rotatable bonds is 8. The van der Waals surface area contributed by atoms with Crippen molar-refractivity contribution in [1.29, 1.82) is 0 Å². The van der Waals surface area contributed by atoms with Crippen LogP contribution in [0.15, 0.2) is 59.8 Å². The molecule has 1 heterocycles. The Balaban J connectivity index is 1.84. The first-order valence-electron chi connectivity index (χ1n) is 8.17. The summed E-state index contributed by atoms with van der Waals surface area (Å²) in [4.78, 5) is 10.8. The van der Waals surface area contributed by atoms with Crippen molar-refractivity contribution in [3.8, 4) is 11.4 Å². The van der Waals surface area contributed by atoms with Crippen molar-refractivity contribution in [3.63, 3.8) is 0 Å². The molecule has 2 aromatic carbocycles. The van der Waals surface area contributed by atoms with Crippen LogP contribution in [0.4, 0.5) is 0 Å². The summed E-state index contributed by atoms with van der Waals surface area (Å²) in [5.41, 5.74) is 2.08. The molecule has 26 heavy (non-hydrogen) atoms. The fourth-order valence-corrected chi connectivity index (χ4v) is 3.23. The van der Waals surface area contributed by atoms with E-state index in [9.17, 15) is 4.79 Å². The Bertz CT molecular complexity index is 863. The number of hydrogen-bond acceptors (Lipinski definition) is 5. The van der Waals surface area contributed by atoms with Crippen LogP contribution in [0, 0.1) is 6.92 Å². The predicted octanol–water partition coefficient (Wildman–Crippen LogP) is 3.72. The lowest BCUT2D eigenvalue weighted by Gasteiger charge is -2.11. The van der Waals surface area contributed by atoms with Gasteiger partial charge >= 0.3 is 5.97 Å². The minimum absolute atomic E-state index is 0.0707. The lowest BCUT2D eigenvalue weighted by atomic mass is 10.2. The topological polar surface area (TPSA) is 77.2 Å². The second kappa shape index (κ2) is 8.53. The van der Waals surface area contributed by atoms with E-state index < -0.39 is 5.97 Å². The highest BCUT2D eigenvalue weighted by Gasteiger charge is 2.15. The van der Waals surface area contributed by atoms with Gasteiger partial charge in [0.2, 0.25) is 0 Å². The van der Waals surface area contributed by atoms with Crippen LogP contribution in [0.3, 0.4) is 0 Å². The smallest absolute Gasteiger partial charge is 0.304 e. The van der Waals surface area contributed by atoms with Crippen LogP contribution in [-0.2, 0) is 11.4 Å². The van der Waals surface area contributed by atoms with Crippen LogP contribution in [0.25, 0.3) is 5.69 Å². The zero-order chi connectivity index (χ0) is 18.4. The van der Waals surface area contributed by atoms with Crippen molar-refractivity contribution in [3.05, 3.63) is 66.0 Å². The second-order valence-electron chi connectivity index (χ2n) is 5.66. The molecule has 0 bridgehead atoms. The van der Waals surface area contributed by atoms with Gasteiger partial charge in [0, 0.05) is 11.4 Å². The van der Waals surface area contributed by atoms with Crippen LogP contribution in [0.1, 0.15) is 17.8 Å². The number of carboxylic acids is 1.